The van der Waals surface area contributed by atoms with Crippen molar-refractivity contribution in [1.29, 1.82) is 0 Å². The Hall–Kier alpha value is -1.87. The molecule has 0 heterocycles. The lowest BCUT2D eigenvalue weighted by atomic mass is 9.96. The van der Waals surface area contributed by atoms with E-state index in [9.17, 15) is 4.39 Å². The largest absolute Gasteiger partial charge is 0.494 e. The molecule has 1 atom stereocenters. The summed E-state index contributed by atoms with van der Waals surface area (Å²) in [5.41, 5.74) is 3.34. The number of aryl methyl sites for hydroxylation is 1. The highest BCUT2D eigenvalue weighted by Crippen LogP contribution is 2.23. The zero-order valence-electron chi connectivity index (χ0n) is 12.8. The van der Waals surface area contributed by atoms with Gasteiger partial charge in [-0.25, -0.2) is 4.39 Å². The summed E-state index contributed by atoms with van der Waals surface area (Å²) in [6, 6.07) is 13.3. The van der Waals surface area contributed by atoms with Crippen molar-refractivity contribution in [3.05, 3.63) is 65.0 Å². The van der Waals surface area contributed by atoms with Crippen LogP contribution in [0.25, 0.3) is 0 Å². The van der Waals surface area contributed by atoms with Crippen molar-refractivity contribution in [2.45, 2.75) is 26.3 Å². The third kappa shape index (κ3) is 4.05. The summed E-state index contributed by atoms with van der Waals surface area (Å²) in [5, 5.41) is 3.33. The van der Waals surface area contributed by atoms with Crippen LogP contribution in [0.1, 0.15) is 29.7 Å². The van der Waals surface area contributed by atoms with Gasteiger partial charge < -0.3 is 10.1 Å². The van der Waals surface area contributed by atoms with E-state index in [4.69, 9.17) is 4.74 Å². The van der Waals surface area contributed by atoms with E-state index in [2.05, 4.69) is 17.4 Å². The first-order chi connectivity index (χ1) is 10.1. The van der Waals surface area contributed by atoms with Crippen LogP contribution >= 0.6 is 0 Å². The average molecular weight is 287 g/mol. The fourth-order valence-corrected chi connectivity index (χ4v) is 2.46. The Morgan fingerprint density at radius 1 is 1.14 bits per heavy atom. The molecular formula is C18H22FNO. The summed E-state index contributed by atoms with van der Waals surface area (Å²) in [6.45, 7) is 4.59. The molecule has 0 amide bonds. The summed E-state index contributed by atoms with van der Waals surface area (Å²) in [5.74, 6) is 0.701. The van der Waals surface area contributed by atoms with Gasteiger partial charge in [0.05, 0.1) is 6.61 Å². The second-order valence-corrected chi connectivity index (χ2v) is 5.12. The predicted molar refractivity (Wildman–Crippen MR) is 84.3 cm³/mol. The number of nitrogens with one attached hydrogen (secondary N) is 1. The smallest absolute Gasteiger partial charge is 0.123 e. The first kappa shape index (κ1) is 15.5. The van der Waals surface area contributed by atoms with Gasteiger partial charge in [-0.15, -0.1) is 0 Å². The fraction of sp³-hybridized carbons (Fsp3) is 0.333. The molecule has 0 saturated heterocycles. The summed E-state index contributed by atoms with van der Waals surface area (Å²) in [4.78, 5) is 0. The summed E-state index contributed by atoms with van der Waals surface area (Å²) < 4.78 is 18.6. The van der Waals surface area contributed by atoms with Gasteiger partial charge in [0.25, 0.3) is 0 Å². The number of hydrogen-bond acceptors (Lipinski definition) is 2. The molecule has 0 bridgehead atoms. The van der Waals surface area contributed by atoms with E-state index < -0.39 is 0 Å². The zero-order chi connectivity index (χ0) is 15.2. The van der Waals surface area contributed by atoms with E-state index in [1.807, 2.05) is 39.1 Å². The Morgan fingerprint density at radius 2 is 1.86 bits per heavy atom. The Morgan fingerprint density at radius 3 is 2.43 bits per heavy atom. The quantitative estimate of drug-likeness (QED) is 0.866. The van der Waals surface area contributed by atoms with Crippen LogP contribution in [0.2, 0.25) is 0 Å². The Kier molecular flexibility index (Phi) is 5.34. The molecule has 0 fully saturated rings. The Bertz CT molecular complexity index is 580. The van der Waals surface area contributed by atoms with Crippen LogP contribution in [0.15, 0.2) is 42.5 Å². The maximum atomic E-state index is 13.2. The highest BCUT2D eigenvalue weighted by Gasteiger charge is 2.12. The van der Waals surface area contributed by atoms with Crippen LogP contribution in [0.3, 0.4) is 0 Å². The molecule has 0 aromatic heterocycles. The van der Waals surface area contributed by atoms with Gasteiger partial charge in [0.2, 0.25) is 0 Å². The summed E-state index contributed by atoms with van der Waals surface area (Å²) in [6.07, 6.45) is 0.830. The van der Waals surface area contributed by atoms with E-state index >= 15 is 0 Å². The van der Waals surface area contributed by atoms with Crippen molar-refractivity contribution in [3.63, 3.8) is 0 Å². The molecule has 0 radical (unpaired) electrons. The summed E-state index contributed by atoms with van der Waals surface area (Å²) in [7, 11) is 1.94. The van der Waals surface area contributed by atoms with Crippen LogP contribution in [0.4, 0.5) is 4.39 Å². The molecule has 2 rings (SSSR count). The third-order valence-corrected chi connectivity index (χ3v) is 3.67. The molecule has 0 saturated carbocycles. The molecule has 0 aliphatic rings. The van der Waals surface area contributed by atoms with Gasteiger partial charge in [-0.05, 0) is 68.3 Å². The first-order valence-corrected chi connectivity index (χ1v) is 7.29. The second kappa shape index (κ2) is 7.23. The minimum absolute atomic E-state index is 0.182. The standard InChI is InChI=1S/C18H22FNO/c1-4-21-17-9-6-14(7-10-17)18(20-3)12-15-5-8-16(19)11-13(15)2/h5-11,18,20H,4,12H2,1-3H3. The SMILES string of the molecule is CCOc1ccc(C(Cc2ccc(F)cc2C)NC)cc1. The van der Waals surface area contributed by atoms with Crippen molar-refractivity contribution in [2.75, 3.05) is 13.7 Å². The minimum Gasteiger partial charge on any atom is -0.494 e. The van der Waals surface area contributed by atoms with Crippen molar-refractivity contribution < 1.29 is 9.13 Å². The number of benzene rings is 2. The lowest BCUT2D eigenvalue weighted by Crippen LogP contribution is -2.19. The molecule has 1 N–H and O–H groups in total. The molecule has 2 nitrogen and oxygen atoms in total. The lowest BCUT2D eigenvalue weighted by molar-refractivity contribution is 0.340. The van der Waals surface area contributed by atoms with E-state index in [0.717, 1.165) is 23.3 Å². The topological polar surface area (TPSA) is 21.3 Å². The van der Waals surface area contributed by atoms with Crippen molar-refractivity contribution in [2.24, 2.45) is 0 Å². The molecule has 0 aliphatic carbocycles. The van der Waals surface area contributed by atoms with Crippen molar-refractivity contribution in [3.8, 4) is 5.75 Å². The number of halogens is 1. The van der Waals surface area contributed by atoms with E-state index in [-0.39, 0.29) is 11.9 Å². The van der Waals surface area contributed by atoms with Crippen molar-refractivity contribution in [1.82, 2.24) is 5.32 Å². The van der Waals surface area contributed by atoms with Crippen molar-refractivity contribution >= 4 is 0 Å². The van der Waals surface area contributed by atoms with Gasteiger partial charge in [-0.3, -0.25) is 0 Å². The molecule has 2 aromatic carbocycles. The number of rotatable bonds is 6. The van der Waals surface area contributed by atoms with Crippen LogP contribution < -0.4 is 10.1 Å². The van der Waals surface area contributed by atoms with Gasteiger partial charge in [-0.1, -0.05) is 18.2 Å². The highest BCUT2D eigenvalue weighted by atomic mass is 19.1. The van der Waals surface area contributed by atoms with E-state index in [0.29, 0.717) is 6.61 Å². The number of likely N-dealkylation sites (N-methyl/N-ethyl adjacent to an activating group) is 1. The number of ether oxygens (including phenoxy) is 1. The predicted octanol–water partition coefficient (Wildman–Crippen LogP) is 4.04. The fourth-order valence-electron chi connectivity index (χ4n) is 2.46. The zero-order valence-corrected chi connectivity index (χ0v) is 12.8. The number of hydrogen-bond donors (Lipinski definition) is 1. The average Bonchev–Trinajstić information content (AvgIpc) is 2.48. The molecule has 1 unspecified atom stereocenters. The third-order valence-electron chi connectivity index (χ3n) is 3.67. The van der Waals surface area contributed by atoms with Crippen LogP contribution in [0.5, 0.6) is 5.75 Å². The monoisotopic (exact) mass is 287 g/mol. The molecule has 112 valence electrons. The lowest BCUT2D eigenvalue weighted by Gasteiger charge is -2.18. The van der Waals surface area contributed by atoms with Gasteiger partial charge in [0.15, 0.2) is 0 Å². The maximum absolute atomic E-state index is 13.2. The Labute approximate surface area is 126 Å². The normalized spacial score (nSPS) is 12.2. The van der Waals surface area contributed by atoms with Crippen LogP contribution in [0, 0.1) is 12.7 Å². The Balaban J connectivity index is 2.15. The van der Waals surface area contributed by atoms with E-state index in [1.165, 1.54) is 11.6 Å². The highest BCUT2D eigenvalue weighted by molar-refractivity contribution is 5.32. The van der Waals surface area contributed by atoms with Gasteiger partial charge >= 0.3 is 0 Å². The maximum Gasteiger partial charge on any atom is 0.123 e. The van der Waals surface area contributed by atoms with Crippen LogP contribution in [-0.4, -0.2) is 13.7 Å². The van der Waals surface area contributed by atoms with Gasteiger partial charge in [0.1, 0.15) is 11.6 Å². The van der Waals surface area contributed by atoms with Gasteiger partial charge in [0, 0.05) is 6.04 Å². The molecule has 21 heavy (non-hydrogen) atoms. The molecular weight excluding hydrogens is 265 g/mol. The second-order valence-electron chi connectivity index (χ2n) is 5.12. The van der Waals surface area contributed by atoms with Crippen LogP contribution in [-0.2, 0) is 6.42 Å². The molecule has 2 aromatic rings. The molecule has 3 heteroatoms. The minimum atomic E-state index is -0.182. The molecule has 0 aliphatic heterocycles. The van der Waals surface area contributed by atoms with Gasteiger partial charge in [-0.2, -0.15) is 0 Å². The first-order valence-electron chi connectivity index (χ1n) is 7.29. The molecule has 0 spiro atoms. The van der Waals surface area contributed by atoms with E-state index in [1.54, 1.807) is 6.07 Å². The summed E-state index contributed by atoms with van der Waals surface area (Å²) >= 11 is 0.